The van der Waals surface area contributed by atoms with Gasteiger partial charge in [0.05, 0.1) is 16.7 Å². The molecule has 11 rings (SSSR count). The third kappa shape index (κ3) is 4.67. The summed E-state index contributed by atoms with van der Waals surface area (Å²) in [6.45, 7) is 4.43. The van der Waals surface area contributed by atoms with Crippen LogP contribution in [0.1, 0.15) is 11.1 Å². The van der Waals surface area contributed by atoms with Crippen LogP contribution in [0.15, 0.2) is 182 Å². The molecule has 0 radical (unpaired) electrons. The lowest BCUT2D eigenvalue weighted by Gasteiger charge is -2.30. The number of hydrogen-bond donors (Lipinski definition) is 0. The van der Waals surface area contributed by atoms with Gasteiger partial charge in [0.25, 0.3) is 0 Å². The number of nitrogens with zero attached hydrogens (tertiary/aromatic N) is 2. The van der Waals surface area contributed by atoms with Crippen LogP contribution in [0, 0.1) is 13.8 Å². The molecule has 0 amide bonds. The summed E-state index contributed by atoms with van der Waals surface area (Å²) in [5, 5.41) is 7.59. The summed E-state index contributed by atoms with van der Waals surface area (Å²) in [5.41, 5.74) is 17.4. The molecule has 1 aliphatic carbocycles. The Hall–Kier alpha value is -6.90. The Bertz CT molecular complexity index is 3040. The van der Waals surface area contributed by atoms with Gasteiger partial charge < -0.3 is 9.47 Å². The van der Waals surface area contributed by atoms with E-state index in [0.29, 0.717) is 0 Å². The van der Waals surface area contributed by atoms with Crippen molar-refractivity contribution in [2.75, 3.05) is 4.90 Å². The highest BCUT2D eigenvalue weighted by Crippen LogP contribution is 2.51. The van der Waals surface area contributed by atoms with Gasteiger partial charge in [-0.05, 0) is 153 Å². The molecule has 1 aromatic heterocycles. The molecule has 0 aliphatic heterocycles. The number of aryl methyl sites for hydroxylation is 2. The largest absolute Gasteiger partial charge is 0.310 e. The van der Waals surface area contributed by atoms with Crippen LogP contribution in [0.3, 0.4) is 0 Å². The third-order valence-electron chi connectivity index (χ3n) is 11.5. The minimum absolute atomic E-state index is 1.14. The van der Waals surface area contributed by atoms with Crippen molar-refractivity contribution < 1.29 is 0 Å². The number of benzene rings is 9. The molecular weight excluding hydrogens is 653 g/mol. The summed E-state index contributed by atoms with van der Waals surface area (Å²) >= 11 is 0. The zero-order chi connectivity index (χ0) is 35.9. The Labute approximate surface area is 314 Å². The predicted molar refractivity (Wildman–Crippen MR) is 230 cm³/mol. The smallest absolute Gasteiger partial charge is 0.0541 e. The highest BCUT2D eigenvalue weighted by Gasteiger charge is 2.25. The molecule has 2 nitrogen and oxygen atoms in total. The normalized spacial score (nSPS) is 11.9. The van der Waals surface area contributed by atoms with Crippen molar-refractivity contribution >= 4 is 60.4 Å². The van der Waals surface area contributed by atoms with E-state index in [4.69, 9.17) is 0 Å². The molecule has 0 N–H and O–H groups in total. The molecule has 1 heterocycles. The third-order valence-corrected chi connectivity index (χ3v) is 11.5. The highest BCUT2D eigenvalue weighted by atomic mass is 15.1. The maximum absolute atomic E-state index is 2.43. The summed E-state index contributed by atoms with van der Waals surface area (Å²) in [7, 11) is 0. The van der Waals surface area contributed by atoms with Gasteiger partial charge in [-0.1, -0.05) is 109 Å². The average Bonchev–Trinajstić information content (AvgIpc) is 3.55. The molecule has 0 saturated heterocycles. The van der Waals surface area contributed by atoms with Crippen LogP contribution in [-0.2, 0) is 0 Å². The lowest BCUT2D eigenvalue weighted by molar-refractivity contribution is 1.19. The second-order valence-electron chi connectivity index (χ2n) is 14.7. The lowest BCUT2D eigenvalue weighted by atomic mass is 9.78. The van der Waals surface area contributed by atoms with Crippen LogP contribution in [0.5, 0.6) is 0 Å². The second-order valence-corrected chi connectivity index (χ2v) is 14.7. The Morgan fingerprint density at radius 3 is 1.50 bits per heavy atom. The molecule has 10 aromatic rings. The van der Waals surface area contributed by atoms with Gasteiger partial charge >= 0.3 is 0 Å². The SMILES string of the molecule is Cc1cccc(C)c1N(c1ccc(-c2ccccc2)cc1)c1ccc2cc3c(cc2c1)-c1cc2cc(-n4c5ccccc5c5ccccc54)ccc2cc1-3. The fraction of sp³-hybridized carbons (Fsp3) is 0.0385. The molecule has 0 unspecified atom stereocenters. The molecule has 0 bridgehead atoms. The van der Waals surface area contributed by atoms with E-state index in [1.807, 2.05) is 0 Å². The first kappa shape index (κ1) is 30.7. The van der Waals surface area contributed by atoms with Gasteiger partial charge in [0.2, 0.25) is 0 Å². The van der Waals surface area contributed by atoms with Crippen molar-refractivity contribution in [1.29, 1.82) is 0 Å². The maximum atomic E-state index is 2.43. The van der Waals surface area contributed by atoms with Crippen molar-refractivity contribution in [3.63, 3.8) is 0 Å². The first-order chi connectivity index (χ1) is 26.6. The zero-order valence-corrected chi connectivity index (χ0v) is 30.2. The van der Waals surface area contributed by atoms with Gasteiger partial charge in [0, 0.05) is 27.8 Å². The molecule has 0 spiro atoms. The van der Waals surface area contributed by atoms with Gasteiger partial charge in [0.1, 0.15) is 0 Å². The maximum Gasteiger partial charge on any atom is 0.0541 e. The van der Waals surface area contributed by atoms with Crippen molar-refractivity contribution in [1.82, 2.24) is 4.57 Å². The predicted octanol–water partition coefficient (Wildman–Crippen LogP) is 14.5. The van der Waals surface area contributed by atoms with Crippen LogP contribution in [0.25, 0.3) is 82.4 Å². The van der Waals surface area contributed by atoms with Crippen molar-refractivity contribution in [3.8, 4) is 39.1 Å². The van der Waals surface area contributed by atoms with E-state index in [0.717, 1.165) is 11.4 Å². The fourth-order valence-electron chi connectivity index (χ4n) is 8.88. The van der Waals surface area contributed by atoms with Gasteiger partial charge in [-0.15, -0.1) is 0 Å². The van der Waals surface area contributed by atoms with Crippen molar-refractivity contribution in [2.45, 2.75) is 13.8 Å². The molecule has 54 heavy (non-hydrogen) atoms. The van der Waals surface area contributed by atoms with E-state index in [9.17, 15) is 0 Å². The monoisotopic (exact) mass is 688 g/mol. The Morgan fingerprint density at radius 2 is 0.870 bits per heavy atom. The molecule has 0 atom stereocenters. The Kier molecular flexibility index (Phi) is 6.72. The zero-order valence-electron chi connectivity index (χ0n) is 30.2. The molecular formula is C52H36N2. The number of hydrogen-bond acceptors (Lipinski definition) is 1. The van der Waals surface area contributed by atoms with Crippen LogP contribution in [0.2, 0.25) is 0 Å². The number of anilines is 3. The van der Waals surface area contributed by atoms with Crippen LogP contribution >= 0.6 is 0 Å². The molecule has 9 aromatic carbocycles. The van der Waals surface area contributed by atoms with E-state index >= 15 is 0 Å². The lowest BCUT2D eigenvalue weighted by Crippen LogP contribution is -2.13. The number of aromatic nitrogens is 1. The van der Waals surface area contributed by atoms with Gasteiger partial charge in [-0.2, -0.15) is 0 Å². The first-order valence-electron chi connectivity index (χ1n) is 18.8. The van der Waals surface area contributed by atoms with Crippen molar-refractivity contribution in [3.05, 3.63) is 193 Å². The molecule has 2 heteroatoms. The van der Waals surface area contributed by atoms with E-state index in [1.165, 1.54) is 99.2 Å². The first-order valence-corrected chi connectivity index (χ1v) is 18.8. The van der Waals surface area contributed by atoms with Crippen molar-refractivity contribution in [2.24, 2.45) is 0 Å². The van der Waals surface area contributed by atoms with E-state index in [1.54, 1.807) is 0 Å². The van der Waals surface area contributed by atoms with E-state index in [-0.39, 0.29) is 0 Å². The Morgan fingerprint density at radius 1 is 0.370 bits per heavy atom. The quantitative estimate of drug-likeness (QED) is 0.175. The summed E-state index contributed by atoms with van der Waals surface area (Å²) < 4.78 is 2.41. The number of para-hydroxylation sites is 3. The minimum Gasteiger partial charge on any atom is -0.310 e. The molecule has 1 aliphatic rings. The Balaban J connectivity index is 1.01. The van der Waals surface area contributed by atoms with E-state index < -0.39 is 0 Å². The fourth-order valence-corrected chi connectivity index (χ4v) is 8.88. The molecule has 0 saturated carbocycles. The summed E-state index contributed by atoms with van der Waals surface area (Å²) in [5.74, 6) is 0. The summed E-state index contributed by atoms with van der Waals surface area (Å²) in [4.78, 5) is 2.43. The van der Waals surface area contributed by atoms with Gasteiger partial charge in [-0.25, -0.2) is 0 Å². The number of rotatable bonds is 5. The minimum atomic E-state index is 1.14. The van der Waals surface area contributed by atoms with Gasteiger partial charge in [0.15, 0.2) is 0 Å². The molecule has 254 valence electrons. The second kappa shape index (κ2) is 11.8. The highest BCUT2D eigenvalue weighted by molar-refractivity contribution is 6.13. The number of fused-ring (bicyclic) bond motifs is 9. The van der Waals surface area contributed by atoms with Crippen LogP contribution in [-0.4, -0.2) is 4.57 Å². The topological polar surface area (TPSA) is 8.17 Å². The standard InChI is InChI=1S/C52H36N2/c1-33-11-10-12-34(2)52(33)53(41-23-19-36(20-24-41)35-13-4-3-5-14-35)42-25-21-37-29-46-47-30-38-22-26-43(28-40(38)32-49(47)48(46)31-39(37)27-42)54-50-17-8-6-15-44(50)45-16-7-9-18-51(45)54/h3-32H,1-2H3. The summed E-state index contributed by atoms with van der Waals surface area (Å²) in [6, 6.07) is 67.0. The average molecular weight is 689 g/mol. The van der Waals surface area contributed by atoms with Crippen LogP contribution in [0.4, 0.5) is 17.1 Å². The summed E-state index contributed by atoms with van der Waals surface area (Å²) in [6.07, 6.45) is 0. The van der Waals surface area contributed by atoms with E-state index in [2.05, 4.69) is 205 Å². The van der Waals surface area contributed by atoms with Crippen LogP contribution < -0.4 is 4.90 Å². The van der Waals surface area contributed by atoms with Gasteiger partial charge in [-0.3, -0.25) is 0 Å². The molecule has 0 fully saturated rings.